The summed E-state index contributed by atoms with van der Waals surface area (Å²) in [4.78, 5) is 9.39. The van der Waals surface area contributed by atoms with Crippen LogP contribution >= 0.6 is 23.2 Å². The summed E-state index contributed by atoms with van der Waals surface area (Å²) < 4.78 is 0. The Balaban J connectivity index is 1.87. The molecule has 0 aliphatic carbocycles. The molecule has 0 spiro atoms. The van der Waals surface area contributed by atoms with Gasteiger partial charge in [-0.1, -0.05) is 47.5 Å². The molecule has 0 atom stereocenters. The summed E-state index contributed by atoms with van der Waals surface area (Å²) in [6, 6.07) is 22.9. The third-order valence-corrected chi connectivity index (χ3v) is 4.41. The Kier molecular flexibility index (Phi) is 4.26. The van der Waals surface area contributed by atoms with Crippen molar-refractivity contribution in [3.63, 3.8) is 0 Å². The Morgan fingerprint density at radius 2 is 1.44 bits per heavy atom. The van der Waals surface area contributed by atoms with Gasteiger partial charge in [0.05, 0.1) is 16.2 Å². The number of nitrogens with one attached hydrogen (secondary N) is 1. The van der Waals surface area contributed by atoms with Crippen LogP contribution in [0.15, 0.2) is 72.8 Å². The zero-order valence-electron chi connectivity index (χ0n) is 13.1. The van der Waals surface area contributed by atoms with Crippen LogP contribution in [0.1, 0.15) is 0 Å². The van der Waals surface area contributed by atoms with E-state index in [1.54, 1.807) is 0 Å². The van der Waals surface area contributed by atoms with Gasteiger partial charge in [0.25, 0.3) is 0 Å². The topological polar surface area (TPSA) is 37.8 Å². The first-order valence-electron chi connectivity index (χ1n) is 7.75. The lowest BCUT2D eigenvalue weighted by Gasteiger charge is -2.12. The van der Waals surface area contributed by atoms with E-state index in [1.165, 1.54) is 0 Å². The first kappa shape index (κ1) is 15.9. The molecular formula is C20H13Cl2N3. The second-order valence-corrected chi connectivity index (χ2v) is 6.37. The van der Waals surface area contributed by atoms with E-state index in [1.807, 2.05) is 72.8 Å². The molecule has 25 heavy (non-hydrogen) atoms. The molecule has 0 bridgehead atoms. The SMILES string of the molecule is Clc1ccc(-c2nc(Nc3ccccc3Cl)c3ccccc3n2)cc1. The Labute approximate surface area is 155 Å². The number of aromatic nitrogens is 2. The van der Waals surface area contributed by atoms with Crippen LogP contribution in [0.4, 0.5) is 11.5 Å². The van der Waals surface area contributed by atoms with Crippen LogP contribution in [-0.2, 0) is 0 Å². The summed E-state index contributed by atoms with van der Waals surface area (Å²) in [6.45, 7) is 0. The lowest BCUT2D eigenvalue weighted by molar-refractivity contribution is 1.22. The molecule has 5 heteroatoms. The maximum atomic E-state index is 6.28. The fraction of sp³-hybridized carbons (Fsp3) is 0. The van der Waals surface area contributed by atoms with Crippen LogP contribution in [0.2, 0.25) is 10.0 Å². The van der Waals surface area contributed by atoms with Crippen molar-refractivity contribution < 1.29 is 0 Å². The van der Waals surface area contributed by atoms with Crippen LogP contribution in [0.3, 0.4) is 0 Å². The normalized spacial score (nSPS) is 10.8. The van der Waals surface area contributed by atoms with E-state index in [0.29, 0.717) is 21.7 Å². The number of anilines is 2. The Hall–Kier alpha value is -2.62. The number of fused-ring (bicyclic) bond motifs is 1. The molecule has 1 aromatic heterocycles. The molecule has 1 heterocycles. The highest BCUT2D eigenvalue weighted by Gasteiger charge is 2.10. The minimum Gasteiger partial charge on any atom is -0.338 e. The number of halogens is 2. The van der Waals surface area contributed by atoms with Gasteiger partial charge in [-0.25, -0.2) is 9.97 Å². The van der Waals surface area contributed by atoms with Crippen LogP contribution in [-0.4, -0.2) is 9.97 Å². The molecule has 0 radical (unpaired) electrons. The van der Waals surface area contributed by atoms with E-state index in [9.17, 15) is 0 Å². The summed E-state index contributed by atoms with van der Waals surface area (Å²) in [6.07, 6.45) is 0. The van der Waals surface area contributed by atoms with E-state index in [0.717, 1.165) is 22.2 Å². The van der Waals surface area contributed by atoms with Crippen molar-refractivity contribution in [1.29, 1.82) is 0 Å². The molecule has 4 rings (SSSR count). The van der Waals surface area contributed by atoms with Gasteiger partial charge in [0.15, 0.2) is 5.82 Å². The van der Waals surface area contributed by atoms with Crippen LogP contribution in [0, 0.1) is 0 Å². The second kappa shape index (κ2) is 6.71. The van der Waals surface area contributed by atoms with E-state index < -0.39 is 0 Å². The fourth-order valence-electron chi connectivity index (χ4n) is 2.59. The lowest BCUT2D eigenvalue weighted by Crippen LogP contribution is -1.99. The summed E-state index contributed by atoms with van der Waals surface area (Å²) in [5.41, 5.74) is 2.56. The van der Waals surface area contributed by atoms with Crippen molar-refractivity contribution in [2.75, 3.05) is 5.32 Å². The third kappa shape index (κ3) is 3.29. The molecule has 1 N–H and O–H groups in total. The van der Waals surface area contributed by atoms with Crippen LogP contribution < -0.4 is 5.32 Å². The average Bonchev–Trinajstić information content (AvgIpc) is 2.64. The largest absolute Gasteiger partial charge is 0.338 e. The molecule has 0 amide bonds. The van der Waals surface area contributed by atoms with Gasteiger partial charge < -0.3 is 5.32 Å². The first-order chi connectivity index (χ1) is 12.2. The van der Waals surface area contributed by atoms with Gasteiger partial charge in [-0.2, -0.15) is 0 Å². The molecule has 4 aromatic rings. The van der Waals surface area contributed by atoms with Crippen molar-refractivity contribution in [2.45, 2.75) is 0 Å². The minimum absolute atomic E-state index is 0.630. The summed E-state index contributed by atoms with van der Waals surface area (Å²) in [7, 11) is 0. The molecule has 0 aliphatic rings. The minimum atomic E-state index is 0.630. The van der Waals surface area contributed by atoms with Crippen molar-refractivity contribution in [2.24, 2.45) is 0 Å². The number of benzene rings is 3. The number of hydrogen-bond donors (Lipinski definition) is 1. The highest BCUT2D eigenvalue weighted by atomic mass is 35.5. The smallest absolute Gasteiger partial charge is 0.162 e. The van der Waals surface area contributed by atoms with E-state index in [2.05, 4.69) is 10.3 Å². The maximum absolute atomic E-state index is 6.28. The van der Waals surface area contributed by atoms with Gasteiger partial charge in [-0.05, 0) is 48.5 Å². The monoisotopic (exact) mass is 365 g/mol. The molecule has 0 saturated heterocycles. The third-order valence-electron chi connectivity index (χ3n) is 3.83. The molecule has 0 unspecified atom stereocenters. The average molecular weight is 366 g/mol. The van der Waals surface area contributed by atoms with Crippen molar-refractivity contribution >= 4 is 45.6 Å². The predicted octanol–water partition coefficient (Wildman–Crippen LogP) is 6.35. The lowest BCUT2D eigenvalue weighted by atomic mass is 10.2. The highest BCUT2D eigenvalue weighted by molar-refractivity contribution is 6.33. The molecule has 0 fully saturated rings. The molecule has 0 aliphatic heterocycles. The number of nitrogens with zero attached hydrogens (tertiary/aromatic N) is 2. The Morgan fingerprint density at radius 3 is 2.24 bits per heavy atom. The van der Waals surface area contributed by atoms with Gasteiger partial charge in [-0.15, -0.1) is 0 Å². The summed E-state index contributed by atoms with van der Waals surface area (Å²) in [5, 5.41) is 5.58. The van der Waals surface area contributed by atoms with Crippen molar-refractivity contribution in [1.82, 2.24) is 9.97 Å². The summed E-state index contributed by atoms with van der Waals surface area (Å²) in [5.74, 6) is 1.34. The number of para-hydroxylation sites is 2. The number of rotatable bonds is 3. The Bertz CT molecular complexity index is 1050. The highest BCUT2D eigenvalue weighted by Crippen LogP contribution is 2.30. The first-order valence-corrected chi connectivity index (χ1v) is 8.50. The Morgan fingerprint density at radius 1 is 0.720 bits per heavy atom. The van der Waals surface area contributed by atoms with E-state index >= 15 is 0 Å². The van der Waals surface area contributed by atoms with Gasteiger partial charge >= 0.3 is 0 Å². The van der Waals surface area contributed by atoms with Gasteiger partial charge in [0.1, 0.15) is 5.82 Å². The zero-order chi connectivity index (χ0) is 17.2. The van der Waals surface area contributed by atoms with Crippen molar-refractivity contribution in [3.8, 4) is 11.4 Å². The number of hydrogen-bond acceptors (Lipinski definition) is 3. The standard InChI is InChI=1S/C20H13Cl2N3/c21-14-11-9-13(10-12-14)19-23-17-7-3-1-5-15(17)20(25-19)24-18-8-4-2-6-16(18)22/h1-12H,(H,23,24,25). The van der Waals surface area contributed by atoms with Crippen LogP contribution in [0.25, 0.3) is 22.3 Å². The fourth-order valence-corrected chi connectivity index (χ4v) is 2.90. The van der Waals surface area contributed by atoms with Gasteiger partial charge in [-0.3, -0.25) is 0 Å². The molecule has 3 aromatic carbocycles. The van der Waals surface area contributed by atoms with E-state index in [-0.39, 0.29) is 0 Å². The van der Waals surface area contributed by atoms with Gasteiger partial charge in [0.2, 0.25) is 0 Å². The molecule has 3 nitrogen and oxygen atoms in total. The van der Waals surface area contributed by atoms with Crippen LogP contribution in [0.5, 0.6) is 0 Å². The van der Waals surface area contributed by atoms with Gasteiger partial charge in [0, 0.05) is 16.0 Å². The zero-order valence-corrected chi connectivity index (χ0v) is 14.6. The predicted molar refractivity (Wildman–Crippen MR) is 105 cm³/mol. The van der Waals surface area contributed by atoms with Crippen molar-refractivity contribution in [3.05, 3.63) is 82.8 Å². The quantitative estimate of drug-likeness (QED) is 0.459. The molecule has 0 saturated carbocycles. The maximum Gasteiger partial charge on any atom is 0.162 e. The summed E-state index contributed by atoms with van der Waals surface area (Å²) >= 11 is 12.3. The molecular weight excluding hydrogens is 353 g/mol. The molecule has 122 valence electrons. The van der Waals surface area contributed by atoms with E-state index in [4.69, 9.17) is 28.2 Å². The second-order valence-electron chi connectivity index (χ2n) is 5.52.